The summed E-state index contributed by atoms with van der Waals surface area (Å²) in [5.41, 5.74) is 0.198. The molecule has 1 aromatic heterocycles. The fourth-order valence-electron chi connectivity index (χ4n) is 1.28. The van der Waals surface area contributed by atoms with Crippen molar-refractivity contribution in [2.45, 2.75) is 6.61 Å². The van der Waals surface area contributed by atoms with E-state index in [9.17, 15) is 14.9 Å². The maximum atomic E-state index is 11.8. The highest BCUT2D eigenvalue weighted by atomic mass is 79.9. The van der Waals surface area contributed by atoms with Crippen molar-refractivity contribution in [3.63, 3.8) is 0 Å². The van der Waals surface area contributed by atoms with Gasteiger partial charge in [0.1, 0.15) is 16.6 Å². The van der Waals surface area contributed by atoms with Crippen molar-refractivity contribution >= 4 is 50.7 Å². The Hall–Kier alpha value is -1.58. The van der Waals surface area contributed by atoms with Crippen molar-refractivity contribution in [1.82, 2.24) is 9.59 Å². The molecule has 0 amide bonds. The number of nitro benzene ring substituents is 1. The first kappa shape index (κ1) is 14.8. The van der Waals surface area contributed by atoms with Crippen LogP contribution in [0.4, 0.5) is 5.69 Å². The van der Waals surface area contributed by atoms with Crippen LogP contribution < -0.4 is 0 Å². The van der Waals surface area contributed by atoms with Crippen LogP contribution in [0.15, 0.2) is 22.7 Å². The van der Waals surface area contributed by atoms with E-state index in [0.29, 0.717) is 10.0 Å². The predicted molar refractivity (Wildman–Crippen MR) is 74.8 cm³/mol. The van der Waals surface area contributed by atoms with Gasteiger partial charge in [0.2, 0.25) is 0 Å². The van der Waals surface area contributed by atoms with Gasteiger partial charge in [0.25, 0.3) is 5.69 Å². The predicted octanol–water partition coefficient (Wildman–Crippen LogP) is 3.22. The molecule has 0 aliphatic carbocycles. The van der Waals surface area contributed by atoms with Gasteiger partial charge < -0.3 is 4.74 Å². The first-order chi connectivity index (χ1) is 9.49. The molecule has 0 aliphatic rings. The molecule has 0 spiro atoms. The van der Waals surface area contributed by atoms with Gasteiger partial charge in [0, 0.05) is 17.6 Å². The Morgan fingerprint density at radius 1 is 1.55 bits per heavy atom. The van der Waals surface area contributed by atoms with Crippen molar-refractivity contribution in [1.29, 1.82) is 0 Å². The number of nitrogens with zero attached hydrogens (tertiary/aromatic N) is 3. The van der Waals surface area contributed by atoms with E-state index in [1.807, 2.05) is 0 Å². The monoisotopic (exact) mass is 377 g/mol. The Labute approximate surface area is 130 Å². The molecule has 2 rings (SSSR count). The second-order valence-corrected chi connectivity index (χ2v) is 5.70. The van der Waals surface area contributed by atoms with Gasteiger partial charge in [-0.05, 0) is 28.1 Å². The molecule has 0 saturated heterocycles. The average Bonchev–Trinajstić information content (AvgIpc) is 2.81. The number of benzene rings is 1. The number of halogens is 2. The summed E-state index contributed by atoms with van der Waals surface area (Å²) < 4.78 is 9.18. The second-order valence-electron chi connectivity index (χ2n) is 3.49. The number of hydrogen-bond donors (Lipinski definition) is 0. The standard InChI is InChI=1S/C10H5BrClN3O4S/c11-6-2-1-5(3-8(6)15(17)18)10(16)19-4-7-9(12)20-14-13-7/h1-3H,4H2. The van der Waals surface area contributed by atoms with Crippen molar-refractivity contribution < 1.29 is 14.5 Å². The van der Waals surface area contributed by atoms with Crippen LogP contribution in [-0.4, -0.2) is 20.5 Å². The van der Waals surface area contributed by atoms with E-state index in [2.05, 4.69) is 25.5 Å². The van der Waals surface area contributed by atoms with E-state index in [-0.39, 0.29) is 22.3 Å². The smallest absolute Gasteiger partial charge is 0.338 e. The molecule has 1 heterocycles. The Morgan fingerprint density at radius 3 is 2.90 bits per heavy atom. The SMILES string of the molecule is O=C(OCc1nnsc1Cl)c1ccc(Br)c([N+](=O)[O-])c1. The van der Waals surface area contributed by atoms with Crippen LogP contribution in [-0.2, 0) is 11.3 Å². The van der Waals surface area contributed by atoms with Crippen LogP contribution in [0.5, 0.6) is 0 Å². The van der Waals surface area contributed by atoms with Gasteiger partial charge in [-0.1, -0.05) is 16.1 Å². The molecule has 0 atom stereocenters. The lowest BCUT2D eigenvalue weighted by Crippen LogP contribution is -2.06. The lowest BCUT2D eigenvalue weighted by molar-refractivity contribution is -0.385. The molecule has 0 fully saturated rings. The largest absolute Gasteiger partial charge is 0.455 e. The number of carbonyl (C=O) groups is 1. The summed E-state index contributed by atoms with van der Waals surface area (Å²) >= 11 is 9.77. The summed E-state index contributed by atoms with van der Waals surface area (Å²) in [6.07, 6.45) is 0. The third-order valence-electron chi connectivity index (χ3n) is 2.23. The molecule has 104 valence electrons. The lowest BCUT2D eigenvalue weighted by Gasteiger charge is -2.03. The highest BCUT2D eigenvalue weighted by molar-refractivity contribution is 9.10. The van der Waals surface area contributed by atoms with Gasteiger partial charge in [-0.2, -0.15) is 0 Å². The third-order valence-corrected chi connectivity index (χ3v) is 3.88. The Morgan fingerprint density at radius 2 is 2.30 bits per heavy atom. The van der Waals surface area contributed by atoms with E-state index in [0.717, 1.165) is 17.6 Å². The second kappa shape index (κ2) is 6.25. The zero-order chi connectivity index (χ0) is 14.7. The molecule has 20 heavy (non-hydrogen) atoms. The summed E-state index contributed by atoms with van der Waals surface area (Å²) in [6, 6.07) is 3.96. The summed E-state index contributed by atoms with van der Waals surface area (Å²) in [6.45, 7) is -0.141. The minimum absolute atomic E-state index is 0.0687. The molecule has 1 aromatic carbocycles. The Kier molecular flexibility index (Phi) is 4.63. The first-order valence-electron chi connectivity index (χ1n) is 5.07. The lowest BCUT2D eigenvalue weighted by atomic mass is 10.2. The highest BCUT2D eigenvalue weighted by Gasteiger charge is 2.17. The average molecular weight is 379 g/mol. The molecule has 10 heteroatoms. The van der Waals surface area contributed by atoms with Gasteiger partial charge in [0.15, 0.2) is 0 Å². The number of esters is 1. The van der Waals surface area contributed by atoms with Gasteiger partial charge in [-0.15, -0.1) is 5.10 Å². The third kappa shape index (κ3) is 3.30. The normalized spacial score (nSPS) is 10.3. The van der Waals surface area contributed by atoms with Crippen LogP contribution in [0.3, 0.4) is 0 Å². The maximum Gasteiger partial charge on any atom is 0.338 e. The molecule has 0 N–H and O–H groups in total. The molecule has 0 aliphatic heterocycles. The molecular formula is C10H5BrClN3O4S. The number of rotatable bonds is 4. The van der Waals surface area contributed by atoms with Crippen LogP contribution in [0, 0.1) is 10.1 Å². The fraction of sp³-hybridized carbons (Fsp3) is 0.100. The van der Waals surface area contributed by atoms with Crippen molar-refractivity contribution in [2.75, 3.05) is 0 Å². The Balaban J connectivity index is 2.12. The molecule has 0 bridgehead atoms. The van der Waals surface area contributed by atoms with E-state index in [1.165, 1.54) is 12.1 Å². The van der Waals surface area contributed by atoms with Crippen LogP contribution >= 0.6 is 39.1 Å². The zero-order valence-electron chi connectivity index (χ0n) is 9.58. The molecule has 7 nitrogen and oxygen atoms in total. The minimum Gasteiger partial charge on any atom is -0.455 e. The van der Waals surface area contributed by atoms with Crippen LogP contribution in [0.25, 0.3) is 0 Å². The number of hydrogen-bond acceptors (Lipinski definition) is 7. The topological polar surface area (TPSA) is 95.2 Å². The fourth-order valence-corrected chi connectivity index (χ4v) is 2.27. The van der Waals surface area contributed by atoms with Gasteiger partial charge in [-0.25, -0.2) is 4.79 Å². The van der Waals surface area contributed by atoms with Crippen molar-refractivity contribution in [2.24, 2.45) is 0 Å². The van der Waals surface area contributed by atoms with E-state index in [4.69, 9.17) is 16.3 Å². The molecular weight excluding hydrogens is 374 g/mol. The van der Waals surface area contributed by atoms with Gasteiger partial charge in [0.05, 0.1) is 15.0 Å². The van der Waals surface area contributed by atoms with Crippen LogP contribution in [0.2, 0.25) is 4.34 Å². The summed E-state index contributed by atoms with van der Waals surface area (Å²) in [7, 11) is 0. The maximum absolute atomic E-state index is 11.8. The summed E-state index contributed by atoms with van der Waals surface area (Å²) in [5.74, 6) is -0.704. The summed E-state index contributed by atoms with van der Waals surface area (Å²) in [4.78, 5) is 22.0. The van der Waals surface area contributed by atoms with Gasteiger partial charge in [-0.3, -0.25) is 10.1 Å². The zero-order valence-corrected chi connectivity index (χ0v) is 12.7. The molecule has 0 radical (unpaired) electrons. The molecule has 0 unspecified atom stereocenters. The highest BCUT2D eigenvalue weighted by Crippen LogP contribution is 2.26. The van der Waals surface area contributed by atoms with E-state index in [1.54, 1.807) is 0 Å². The quantitative estimate of drug-likeness (QED) is 0.460. The number of aromatic nitrogens is 2. The summed E-state index contributed by atoms with van der Waals surface area (Å²) in [5, 5.41) is 14.5. The number of ether oxygens (including phenoxy) is 1. The van der Waals surface area contributed by atoms with E-state index >= 15 is 0 Å². The first-order valence-corrected chi connectivity index (χ1v) is 7.01. The molecule has 0 saturated carbocycles. The minimum atomic E-state index is -0.704. The Bertz CT molecular complexity index is 678. The van der Waals surface area contributed by atoms with Crippen molar-refractivity contribution in [3.8, 4) is 0 Å². The van der Waals surface area contributed by atoms with Gasteiger partial charge >= 0.3 is 5.97 Å². The molecule has 2 aromatic rings. The number of carbonyl (C=O) groups excluding carboxylic acids is 1. The van der Waals surface area contributed by atoms with E-state index < -0.39 is 10.9 Å². The van der Waals surface area contributed by atoms with Crippen molar-refractivity contribution in [3.05, 3.63) is 48.4 Å². The van der Waals surface area contributed by atoms with Crippen LogP contribution in [0.1, 0.15) is 16.1 Å². The number of nitro groups is 1.